The highest BCUT2D eigenvalue weighted by Gasteiger charge is 2.51. The largest absolute Gasteiger partial charge is 0.331 e. The highest BCUT2D eigenvalue weighted by atomic mass is 35.5. The van der Waals surface area contributed by atoms with E-state index in [9.17, 15) is 19.7 Å². The topological polar surface area (TPSA) is 92.6 Å². The van der Waals surface area contributed by atoms with Crippen molar-refractivity contribution in [2.75, 3.05) is 11.9 Å². The number of nitro benzene ring substituents is 1. The Morgan fingerprint density at radius 1 is 1.31 bits per heavy atom. The fourth-order valence-corrected chi connectivity index (χ4v) is 4.93. The van der Waals surface area contributed by atoms with Gasteiger partial charge in [-0.25, -0.2) is 0 Å². The minimum absolute atomic E-state index is 0.0252. The number of benzene rings is 1. The van der Waals surface area contributed by atoms with Crippen molar-refractivity contribution < 1.29 is 14.5 Å². The average Bonchev–Trinajstić information content (AvgIpc) is 2.77. The van der Waals surface area contributed by atoms with E-state index in [1.165, 1.54) is 12.1 Å². The van der Waals surface area contributed by atoms with Gasteiger partial charge in [-0.1, -0.05) is 32.4 Å². The van der Waals surface area contributed by atoms with E-state index in [1.54, 1.807) is 4.90 Å². The SMILES string of the molecule is CC1(C)CC2CC(C)(CN2C(=O)C(=O)Nc2ccc(Cl)c([N+](=O)[O-])c2)C1. The first-order valence-electron chi connectivity index (χ1n) is 8.56. The van der Waals surface area contributed by atoms with Gasteiger partial charge in [0, 0.05) is 24.3 Å². The van der Waals surface area contributed by atoms with Crippen LogP contribution in [0.25, 0.3) is 0 Å². The summed E-state index contributed by atoms with van der Waals surface area (Å²) in [6, 6.07) is 3.97. The van der Waals surface area contributed by atoms with Crippen LogP contribution in [0, 0.1) is 20.9 Å². The number of hydrogen-bond acceptors (Lipinski definition) is 4. The molecule has 1 N–H and O–H groups in total. The van der Waals surface area contributed by atoms with Crippen LogP contribution in [0.1, 0.15) is 40.0 Å². The number of anilines is 1. The van der Waals surface area contributed by atoms with E-state index >= 15 is 0 Å². The second-order valence-electron chi connectivity index (χ2n) is 8.52. The summed E-state index contributed by atoms with van der Waals surface area (Å²) in [5.41, 5.74) is 0.0258. The molecule has 1 saturated heterocycles. The van der Waals surface area contributed by atoms with E-state index in [2.05, 4.69) is 26.1 Å². The van der Waals surface area contributed by atoms with E-state index < -0.39 is 16.7 Å². The van der Waals surface area contributed by atoms with Crippen molar-refractivity contribution in [2.24, 2.45) is 10.8 Å². The van der Waals surface area contributed by atoms with E-state index in [0.29, 0.717) is 6.54 Å². The summed E-state index contributed by atoms with van der Waals surface area (Å²) in [5, 5.41) is 13.4. The Morgan fingerprint density at radius 3 is 2.65 bits per heavy atom. The van der Waals surface area contributed by atoms with Gasteiger partial charge in [-0.3, -0.25) is 19.7 Å². The lowest BCUT2D eigenvalue weighted by Crippen LogP contribution is -2.43. The standard InChI is InChI=1S/C18H22ClN3O4/c1-17(2)7-12-8-18(3,9-17)10-21(12)16(24)15(23)20-11-4-5-13(19)14(6-11)22(25)26/h4-6,12H,7-10H2,1-3H3,(H,20,23). The molecular formula is C18H22ClN3O4. The van der Waals surface area contributed by atoms with Gasteiger partial charge in [0.25, 0.3) is 5.69 Å². The molecule has 140 valence electrons. The minimum Gasteiger partial charge on any atom is -0.331 e. The molecule has 0 aromatic heterocycles. The first-order chi connectivity index (χ1) is 12.0. The van der Waals surface area contributed by atoms with Gasteiger partial charge in [0.15, 0.2) is 0 Å². The molecule has 1 aromatic carbocycles. The number of hydrogen-bond donors (Lipinski definition) is 1. The number of likely N-dealkylation sites (tertiary alicyclic amines) is 1. The van der Waals surface area contributed by atoms with Crippen molar-refractivity contribution >= 4 is 34.8 Å². The van der Waals surface area contributed by atoms with Crippen molar-refractivity contribution in [3.05, 3.63) is 33.3 Å². The first kappa shape index (κ1) is 18.6. The number of carbonyl (C=O) groups excluding carboxylic acids is 2. The quantitative estimate of drug-likeness (QED) is 0.482. The van der Waals surface area contributed by atoms with Crippen molar-refractivity contribution in [2.45, 2.75) is 46.1 Å². The van der Waals surface area contributed by atoms with Crippen LogP contribution in [0.3, 0.4) is 0 Å². The zero-order valence-electron chi connectivity index (χ0n) is 15.0. The molecule has 2 unspecified atom stereocenters. The Balaban J connectivity index is 1.74. The summed E-state index contributed by atoms with van der Waals surface area (Å²) in [7, 11) is 0. The monoisotopic (exact) mass is 379 g/mol. The molecule has 0 radical (unpaired) electrons. The number of amides is 2. The summed E-state index contributed by atoms with van der Waals surface area (Å²) < 4.78 is 0. The van der Waals surface area contributed by atoms with Gasteiger partial charge < -0.3 is 10.2 Å². The molecule has 2 aliphatic rings. The smallest absolute Gasteiger partial charge is 0.313 e. The molecular weight excluding hydrogens is 358 g/mol. The Labute approximate surface area is 156 Å². The highest BCUT2D eigenvalue weighted by molar-refractivity contribution is 6.39. The maximum absolute atomic E-state index is 12.7. The number of rotatable bonds is 2. The maximum Gasteiger partial charge on any atom is 0.313 e. The van der Waals surface area contributed by atoms with Crippen molar-refractivity contribution in [3.8, 4) is 0 Å². The molecule has 26 heavy (non-hydrogen) atoms. The molecule has 2 bridgehead atoms. The van der Waals surface area contributed by atoms with E-state index in [1.807, 2.05) is 0 Å². The molecule has 0 spiro atoms. The number of halogens is 1. The molecule has 3 rings (SSSR count). The van der Waals surface area contributed by atoms with Gasteiger partial charge in [0.05, 0.1) is 4.92 Å². The molecule has 1 aliphatic heterocycles. The van der Waals surface area contributed by atoms with Crippen LogP contribution in [0.4, 0.5) is 11.4 Å². The van der Waals surface area contributed by atoms with Gasteiger partial charge in [0.1, 0.15) is 5.02 Å². The molecule has 1 aliphatic carbocycles. The zero-order chi connectivity index (χ0) is 19.3. The van der Waals surface area contributed by atoms with Crippen LogP contribution in [0.5, 0.6) is 0 Å². The lowest BCUT2D eigenvalue weighted by Gasteiger charge is -2.39. The van der Waals surface area contributed by atoms with Gasteiger partial charge in [0.2, 0.25) is 0 Å². The second kappa shape index (κ2) is 6.23. The molecule has 8 heteroatoms. The second-order valence-corrected chi connectivity index (χ2v) is 8.93. The molecule has 2 amide bonds. The van der Waals surface area contributed by atoms with Crippen molar-refractivity contribution in [1.29, 1.82) is 0 Å². The number of fused-ring (bicyclic) bond motifs is 2. The summed E-state index contributed by atoms with van der Waals surface area (Å²) in [6.07, 6.45) is 2.79. The lowest BCUT2D eigenvalue weighted by atomic mass is 9.65. The Kier molecular flexibility index (Phi) is 4.46. The Morgan fingerprint density at radius 2 is 2.00 bits per heavy atom. The highest BCUT2D eigenvalue weighted by Crippen LogP contribution is 2.52. The van der Waals surface area contributed by atoms with Gasteiger partial charge in [-0.15, -0.1) is 0 Å². The number of carbonyl (C=O) groups is 2. The Bertz CT molecular complexity index is 795. The van der Waals surface area contributed by atoms with Crippen LogP contribution >= 0.6 is 11.6 Å². The molecule has 2 fully saturated rings. The van der Waals surface area contributed by atoms with Crippen LogP contribution in [-0.4, -0.2) is 34.2 Å². The summed E-state index contributed by atoms with van der Waals surface area (Å²) in [4.78, 5) is 37.1. The average molecular weight is 380 g/mol. The summed E-state index contributed by atoms with van der Waals surface area (Å²) in [6.45, 7) is 7.11. The zero-order valence-corrected chi connectivity index (χ0v) is 15.8. The van der Waals surface area contributed by atoms with E-state index in [0.717, 1.165) is 25.3 Å². The van der Waals surface area contributed by atoms with Crippen LogP contribution in [0.15, 0.2) is 18.2 Å². The molecule has 2 atom stereocenters. The molecule has 1 saturated carbocycles. The lowest BCUT2D eigenvalue weighted by molar-refractivity contribution is -0.384. The first-order valence-corrected chi connectivity index (χ1v) is 8.93. The van der Waals surface area contributed by atoms with Crippen LogP contribution in [0.2, 0.25) is 5.02 Å². The van der Waals surface area contributed by atoms with Crippen LogP contribution < -0.4 is 5.32 Å². The third-order valence-corrected chi connectivity index (χ3v) is 5.59. The third kappa shape index (κ3) is 3.53. The van der Waals surface area contributed by atoms with E-state index in [-0.39, 0.29) is 33.3 Å². The predicted molar refractivity (Wildman–Crippen MR) is 98.0 cm³/mol. The van der Waals surface area contributed by atoms with Crippen molar-refractivity contribution in [3.63, 3.8) is 0 Å². The predicted octanol–water partition coefficient (Wildman–Crippen LogP) is 3.61. The summed E-state index contributed by atoms with van der Waals surface area (Å²) >= 11 is 5.77. The molecule has 1 aromatic rings. The fraction of sp³-hybridized carbons (Fsp3) is 0.556. The molecule has 7 nitrogen and oxygen atoms in total. The van der Waals surface area contributed by atoms with Crippen molar-refractivity contribution in [1.82, 2.24) is 4.90 Å². The normalized spacial score (nSPS) is 26.5. The minimum atomic E-state index is -0.782. The van der Waals surface area contributed by atoms with Gasteiger partial charge >= 0.3 is 11.8 Å². The Hall–Kier alpha value is -2.15. The number of nitro groups is 1. The third-order valence-electron chi connectivity index (χ3n) is 5.27. The number of nitrogens with one attached hydrogen (secondary N) is 1. The van der Waals surface area contributed by atoms with Crippen LogP contribution in [-0.2, 0) is 9.59 Å². The summed E-state index contributed by atoms with van der Waals surface area (Å²) in [5.74, 6) is -1.37. The number of nitrogens with zero attached hydrogens (tertiary/aromatic N) is 2. The van der Waals surface area contributed by atoms with Gasteiger partial charge in [-0.05, 0) is 42.2 Å². The van der Waals surface area contributed by atoms with Gasteiger partial charge in [-0.2, -0.15) is 0 Å². The van der Waals surface area contributed by atoms with E-state index in [4.69, 9.17) is 11.6 Å². The maximum atomic E-state index is 12.7. The fourth-order valence-electron chi connectivity index (χ4n) is 4.74. The molecule has 1 heterocycles.